The smallest absolute Gasteiger partial charge is 0.142 e. The molecule has 0 fully saturated rings. The number of hydrogen-bond acceptors (Lipinski definition) is 3. The predicted octanol–water partition coefficient (Wildman–Crippen LogP) is 2.63. The van der Waals surface area contributed by atoms with Crippen molar-refractivity contribution in [2.24, 2.45) is 5.73 Å². The van der Waals surface area contributed by atoms with Crippen molar-refractivity contribution >= 4 is 5.69 Å². The summed E-state index contributed by atoms with van der Waals surface area (Å²) in [5.74, 6) is 0.942. The molecule has 1 aromatic carbocycles. The number of anilines is 1. The summed E-state index contributed by atoms with van der Waals surface area (Å²) in [6.45, 7) is 4.58. The molecule has 16 heavy (non-hydrogen) atoms. The predicted molar refractivity (Wildman–Crippen MR) is 69.0 cm³/mol. The molecule has 0 saturated carbocycles. The second-order valence-corrected chi connectivity index (χ2v) is 3.77. The highest BCUT2D eigenvalue weighted by Gasteiger charge is 2.00. The van der Waals surface area contributed by atoms with Crippen LogP contribution in [0.5, 0.6) is 5.75 Å². The van der Waals surface area contributed by atoms with E-state index in [9.17, 15) is 0 Å². The first-order valence-electron chi connectivity index (χ1n) is 6.04. The summed E-state index contributed by atoms with van der Waals surface area (Å²) in [4.78, 5) is 0. The summed E-state index contributed by atoms with van der Waals surface area (Å²) < 4.78 is 5.66. The van der Waals surface area contributed by atoms with Crippen molar-refractivity contribution in [3.05, 3.63) is 24.3 Å². The fourth-order valence-corrected chi connectivity index (χ4v) is 1.44. The van der Waals surface area contributed by atoms with E-state index in [-0.39, 0.29) is 0 Å². The monoisotopic (exact) mass is 222 g/mol. The second-order valence-electron chi connectivity index (χ2n) is 3.77. The molecule has 0 spiro atoms. The summed E-state index contributed by atoms with van der Waals surface area (Å²) in [5, 5.41) is 3.38. The summed E-state index contributed by atoms with van der Waals surface area (Å²) in [6, 6.07) is 8.06. The SMILES string of the molecule is CCCOc1ccccc1NCCCCN. The molecule has 0 aromatic heterocycles. The number of rotatable bonds is 8. The summed E-state index contributed by atoms with van der Waals surface area (Å²) in [5.41, 5.74) is 6.53. The maximum absolute atomic E-state index is 5.66. The molecule has 0 aliphatic rings. The van der Waals surface area contributed by atoms with Crippen molar-refractivity contribution in [2.75, 3.05) is 25.0 Å². The quantitative estimate of drug-likeness (QED) is 0.665. The van der Waals surface area contributed by atoms with E-state index in [0.717, 1.165) is 50.4 Å². The lowest BCUT2D eigenvalue weighted by molar-refractivity contribution is 0.319. The van der Waals surface area contributed by atoms with Crippen molar-refractivity contribution in [1.82, 2.24) is 0 Å². The van der Waals surface area contributed by atoms with Crippen LogP contribution in [0, 0.1) is 0 Å². The van der Waals surface area contributed by atoms with E-state index in [4.69, 9.17) is 10.5 Å². The zero-order valence-electron chi connectivity index (χ0n) is 10.0. The molecule has 3 heteroatoms. The fraction of sp³-hybridized carbons (Fsp3) is 0.538. The summed E-state index contributed by atoms with van der Waals surface area (Å²) >= 11 is 0. The first kappa shape index (κ1) is 12.8. The Morgan fingerprint density at radius 3 is 2.81 bits per heavy atom. The van der Waals surface area contributed by atoms with Gasteiger partial charge in [0.25, 0.3) is 0 Å². The molecule has 0 unspecified atom stereocenters. The van der Waals surface area contributed by atoms with Crippen LogP contribution in [0.25, 0.3) is 0 Å². The Morgan fingerprint density at radius 1 is 1.25 bits per heavy atom. The van der Waals surface area contributed by atoms with Crippen LogP contribution in [0.3, 0.4) is 0 Å². The molecule has 1 rings (SSSR count). The zero-order valence-corrected chi connectivity index (χ0v) is 10.0. The standard InChI is InChI=1S/C13H22N2O/c1-2-11-16-13-8-4-3-7-12(13)15-10-6-5-9-14/h3-4,7-8,15H,2,5-6,9-11,14H2,1H3. The van der Waals surface area contributed by atoms with E-state index < -0.39 is 0 Å². The zero-order chi connectivity index (χ0) is 11.6. The largest absolute Gasteiger partial charge is 0.491 e. The van der Waals surface area contributed by atoms with Crippen LogP contribution in [0.1, 0.15) is 26.2 Å². The number of nitrogens with one attached hydrogen (secondary N) is 1. The molecular formula is C13H22N2O. The minimum atomic E-state index is 0.760. The first-order valence-corrected chi connectivity index (χ1v) is 6.04. The van der Waals surface area contributed by atoms with Crippen LogP contribution in [-0.2, 0) is 0 Å². The van der Waals surface area contributed by atoms with E-state index in [1.807, 2.05) is 24.3 Å². The Labute approximate surface area is 98.0 Å². The van der Waals surface area contributed by atoms with Crippen LogP contribution in [0.2, 0.25) is 0 Å². The van der Waals surface area contributed by atoms with Gasteiger partial charge < -0.3 is 15.8 Å². The third-order valence-corrected chi connectivity index (χ3v) is 2.30. The van der Waals surface area contributed by atoms with Gasteiger partial charge >= 0.3 is 0 Å². The molecular weight excluding hydrogens is 200 g/mol. The first-order chi connectivity index (χ1) is 7.88. The highest BCUT2D eigenvalue weighted by Crippen LogP contribution is 2.23. The van der Waals surface area contributed by atoms with Crippen molar-refractivity contribution in [2.45, 2.75) is 26.2 Å². The van der Waals surface area contributed by atoms with Crippen LogP contribution < -0.4 is 15.8 Å². The third kappa shape index (κ3) is 4.53. The molecule has 0 bridgehead atoms. The second kappa shape index (κ2) is 7.99. The Kier molecular flexibility index (Phi) is 6.42. The number of nitrogens with two attached hydrogens (primary N) is 1. The van der Waals surface area contributed by atoms with Gasteiger partial charge in [0.15, 0.2) is 0 Å². The number of ether oxygens (including phenoxy) is 1. The molecule has 0 aliphatic heterocycles. The van der Waals surface area contributed by atoms with Crippen molar-refractivity contribution < 1.29 is 4.74 Å². The van der Waals surface area contributed by atoms with Gasteiger partial charge in [0.2, 0.25) is 0 Å². The minimum Gasteiger partial charge on any atom is -0.491 e. The molecule has 0 saturated heterocycles. The Morgan fingerprint density at radius 2 is 2.06 bits per heavy atom. The van der Waals surface area contributed by atoms with Crippen molar-refractivity contribution in [3.8, 4) is 5.75 Å². The molecule has 0 atom stereocenters. The number of hydrogen-bond donors (Lipinski definition) is 2. The fourth-order valence-electron chi connectivity index (χ4n) is 1.44. The summed E-state index contributed by atoms with van der Waals surface area (Å²) in [7, 11) is 0. The van der Waals surface area contributed by atoms with Gasteiger partial charge in [0.05, 0.1) is 12.3 Å². The Bertz CT molecular complexity index is 289. The number of unbranched alkanes of at least 4 members (excludes halogenated alkanes) is 1. The maximum Gasteiger partial charge on any atom is 0.142 e. The van der Waals surface area contributed by atoms with Gasteiger partial charge in [-0.25, -0.2) is 0 Å². The highest BCUT2D eigenvalue weighted by atomic mass is 16.5. The van der Waals surface area contributed by atoms with E-state index >= 15 is 0 Å². The van der Waals surface area contributed by atoms with Crippen LogP contribution >= 0.6 is 0 Å². The molecule has 90 valence electrons. The molecule has 0 heterocycles. The maximum atomic E-state index is 5.66. The number of para-hydroxylation sites is 2. The van der Waals surface area contributed by atoms with Gasteiger partial charge in [-0.3, -0.25) is 0 Å². The number of benzene rings is 1. The molecule has 3 N–H and O–H groups in total. The van der Waals surface area contributed by atoms with Gasteiger partial charge in [-0.15, -0.1) is 0 Å². The van der Waals surface area contributed by atoms with Gasteiger partial charge in [-0.05, 0) is 37.9 Å². The lowest BCUT2D eigenvalue weighted by Crippen LogP contribution is -2.07. The molecule has 3 nitrogen and oxygen atoms in total. The molecule has 0 radical (unpaired) electrons. The van der Waals surface area contributed by atoms with E-state index in [1.54, 1.807) is 0 Å². The topological polar surface area (TPSA) is 47.3 Å². The van der Waals surface area contributed by atoms with Crippen molar-refractivity contribution in [1.29, 1.82) is 0 Å². The Balaban J connectivity index is 2.43. The van der Waals surface area contributed by atoms with E-state index in [1.165, 1.54) is 0 Å². The van der Waals surface area contributed by atoms with Gasteiger partial charge in [-0.1, -0.05) is 19.1 Å². The molecule has 1 aromatic rings. The third-order valence-electron chi connectivity index (χ3n) is 2.30. The van der Waals surface area contributed by atoms with Gasteiger partial charge in [0.1, 0.15) is 5.75 Å². The average molecular weight is 222 g/mol. The van der Waals surface area contributed by atoms with E-state index in [0.29, 0.717) is 0 Å². The van der Waals surface area contributed by atoms with Crippen molar-refractivity contribution in [3.63, 3.8) is 0 Å². The lowest BCUT2D eigenvalue weighted by atomic mass is 10.2. The lowest BCUT2D eigenvalue weighted by Gasteiger charge is -2.12. The minimum absolute atomic E-state index is 0.760. The van der Waals surface area contributed by atoms with Crippen LogP contribution in [0.4, 0.5) is 5.69 Å². The average Bonchev–Trinajstić information content (AvgIpc) is 2.33. The highest BCUT2D eigenvalue weighted by molar-refractivity contribution is 5.56. The molecule has 0 aliphatic carbocycles. The van der Waals surface area contributed by atoms with Crippen LogP contribution in [-0.4, -0.2) is 19.7 Å². The van der Waals surface area contributed by atoms with Gasteiger partial charge in [-0.2, -0.15) is 0 Å². The normalized spacial score (nSPS) is 10.1. The molecule has 0 amide bonds. The summed E-state index contributed by atoms with van der Waals surface area (Å²) in [6.07, 6.45) is 3.19. The van der Waals surface area contributed by atoms with Crippen LogP contribution in [0.15, 0.2) is 24.3 Å². The Hall–Kier alpha value is -1.22. The van der Waals surface area contributed by atoms with Gasteiger partial charge in [0, 0.05) is 6.54 Å². The van der Waals surface area contributed by atoms with E-state index in [2.05, 4.69) is 12.2 Å².